The van der Waals surface area contributed by atoms with Crippen LogP contribution in [0.2, 0.25) is 0 Å². The summed E-state index contributed by atoms with van der Waals surface area (Å²) >= 11 is 0. The average Bonchev–Trinajstić information content (AvgIpc) is 2.54. The van der Waals surface area contributed by atoms with Crippen molar-refractivity contribution in [3.63, 3.8) is 0 Å². The highest BCUT2D eigenvalue weighted by Crippen LogP contribution is 2.35. The molecule has 1 amide bonds. The van der Waals surface area contributed by atoms with Gasteiger partial charge in [0.2, 0.25) is 5.91 Å². The molecule has 0 saturated heterocycles. The maximum atomic E-state index is 12.3. The first kappa shape index (κ1) is 14.6. The lowest BCUT2D eigenvalue weighted by Crippen LogP contribution is -2.26. The molecule has 1 N–H and O–H groups in total. The van der Waals surface area contributed by atoms with E-state index in [1.165, 1.54) is 11.1 Å². The van der Waals surface area contributed by atoms with E-state index < -0.39 is 0 Å². The van der Waals surface area contributed by atoms with Crippen molar-refractivity contribution in [1.29, 1.82) is 0 Å². The molecule has 0 spiro atoms. The summed E-state index contributed by atoms with van der Waals surface area (Å²) in [6, 6.07) is 16.2. The molecule has 2 aromatic carbocycles. The van der Waals surface area contributed by atoms with Gasteiger partial charge in [-0.15, -0.1) is 0 Å². The molecule has 0 saturated carbocycles. The Morgan fingerprint density at radius 3 is 2.82 bits per heavy atom. The minimum absolute atomic E-state index is 0.102. The van der Waals surface area contributed by atoms with E-state index in [4.69, 9.17) is 4.74 Å². The van der Waals surface area contributed by atoms with E-state index in [1.807, 2.05) is 30.3 Å². The molecule has 0 aromatic heterocycles. The van der Waals surface area contributed by atoms with Crippen molar-refractivity contribution in [3.8, 4) is 5.75 Å². The molecule has 0 bridgehead atoms. The van der Waals surface area contributed by atoms with Crippen LogP contribution < -0.4 is 10.1 Å². The topological polar surface area (TPSA) is 38.3 Å². The van der Waals surface area contributed by atoms with Crippen LogP contribution in [0, 0.1) is 6.92 Å². The fourth-order valence-electron chi connectivity index (χ4n) is 2.93. The lowest BCUT2D eigenvalue weighted by Gasteiger charge is -2.25. The standard InChI is InChI=1S/C19H21NO2/c1-14-6-2-3-7-16(14)13-20-19(21)12-15-10-11-22-18-9-5-4-8-17(15)18/h2-9,15H,10-13H2,1H3,(H,20,21). The van der Waals surface area contributed by atoms with Gasteiger partial charge >= 0.3 is 0 Å². The van der Waals surface area contributed by atoms with Gasteiger partial charge in [0.05, 0.1) is 6.61 Å². The van der Waals surface area contributed by atoms with E-state index in [-0.39, 0.29) is 11.8 Å². The Morgan fingerprint density at radius 2 is 1.95 bits per heavy atom. The highest BCUT2D eigenvalue weighted by molar-refractivity contribution is 5.77. The molecular weight excluding hydrogens is 274 g/mol. The monoisotopic (exact) mass is 295 g/mol. The van der Waals surface area contributed by atoms with Gasteiger partial charge in [-0.25, -0.2) is 0 Å². The van der Waals surface area contributed by atoms with Crippen LogP contribution in [-0.4, -0.2) is 12.5 Å². The van der Waals surface area contributed by atoms with E-state index in [0.717, 1.165) is 17.7 Å². The summed E-state index contributed by atoms with van der Waals surface area (Å²) in [5, 5.41) is 3.04. The number of hydrogen-bond donors (Lipinski definition) is 1. The number of aryl methyl sites for hydroxylation is 1. The number of carbonyl (C=O) groups excluding carboxylic acids is 1. The number of amides is 1. The molecule has 1 unspecified atom stereocenters. The molecule has 0 aliphatic carbocycles. The highest BCUT2D eigenvalue weighted by Gasteiger charge is 2.23. The fourth-order valence-corrected chi connectivity index (χ4v) is 2.93. The van der Waals surface area contributed by atoms with Crippen molar-refractivity contribution in [3.05, 3.63) is 65.2 Å². The van der Waals surface area contributed by atoms with Gasteiger partial charge in [-0.05, 0) is 42.0 Å². The SMILES string of the molecule is Cc1ccccc1CNC(=O)CC1CCOc2ccccc21. The smallest absolute Gasteiger partial charge is 0.220 e. The third kappa shape index (κ3) is 3.30. The fraction of sp³-hybridized carbons (Fsp3) is 0.316. The number of para-hydroxylation sites is 1. The number of fused-ring (bicyclic) bond motifs is 1. The quantitative estimate of drug-likeness (QED) is 0.936. The number of ether oxygens (including phenoxy) is 1. The Bertz CT molecular complexity index is 666. The van der Waals surface area contributed by atoms with Gasteiger partial charge in [0, 0.05) is 13.0 Å². The molecule has 114 valence electrons. The first-order valence-corrected chi connectivity index (χ1v) is 7.77. The number of benzene rings is 2. The van der Waals surface area contributed by atoms with Crippen LogP contribution in [0.5, 0.6) is 5.75 Å². The van der Waals surface area contributed by atoms with Crippen molar-refractivity contribution in [1.82, 2.24) is 5.32 Å². The van der Waals surface area contributed by atoms with Crippen LogP contribution in [-0.2, 0) is 11.3 Å². The first-order chi connectivity index (χ1) is 10.7. The summed E-state index contributed by atoms with van der Waals surface area (Å²) in [5.41, 5.74) is 3.53. The number of nitrogens with one attached hydrogen (secondary N) is 1. The average molecular weight is 295 g/mol. The minimum atomic E-state index is 0.102. The third-order valence-electron chi connectivity index (χ3n) is 4.25. The normalized spacial score (nSPS) is 16.5. The van der Waals surface area contributed by atoms with Gasteiger partial charge in [-0.1, -0.05) is 42.5 Å². The molecular formula is C19H21NO2. The Hall–Kier alpha value is -2.29. The van der Waals surface area contributed by atoms with Crippen LogP contribution in [0.4, 0.5) is 0 Å². The second-order valence-electron chi connectivity index (χ2n) is 5.78. The van der Waals surface area contributed by atoms with Gasteiger partial charge in [0.1, 0.15) is 5.75 Å². The van der Waals surface area contributed by atoms with E-state index in [9.17, 15) is 4.79 Å². The molecule has 0 radical (unpaired) electrons. The summed E-state index contributed by atoms with van der Waals surface area (Å²) in [6.07, 6.45) is 1.42. The van der Waals surface area contributed by atoms with Crippen LogP contribution in [0.3, 0.4) is 0 Å². The molecule has 3 nitrogen and oxygen atoms in total. The van der Waals surface area contributed by atoms with E-state index >= 15 is 0 Å². The van der Waals surface area contributed by atoms with E-state index in [0.29, 0.717) is 19.6 Å². The van der Waals surface area contributed by atoms with Gasteiger partial charge < -0.3 is 10.1 Å². The number of hydrogen-bond acceptors (Lipinski definition) is 2. The molecule has 1 atom stereocenters. The van der Waals surface area contributed by atoms with Gasteiger partial charge in [-0.2, -0.15) is 0 Å². The summed E-state index contributed by atoms with van der Waals surface area (Å²) in [5.74, 6) is 1.28. The van der Waals surface area contributed by atoms with Crippen molar-refractivity contribution in [2.45, 2.75) is 32.2 Å². The molecule has 1 heterocycles. The maximum absolute atomic E-state index is 12.3. The van der Waals surface area contributed by atoms with Crippen molar-refractivity contribution >= 4 is 5.91 Å². The number of carbonyl (C=O) groups is 1. The van der Waals surface area contributed by atoms with Crippen molar-refractivity contribution < 1.29 is 9.53 Å². The summed E-state index contributed by atoms with van der Waals surface area (Å²) in [4.78, 5) is 12.3. The third-order valence-corrected chi connectivity index (χ3v) is 4.25. The Kier molecular flexibility index (Phi) is 4.42. The largest absolute Gasteiger partial charge is 0.493 e. The van der Waals surface area contributed by atoms with Gasteiger partial charge in [0.25, 0.3) is 0 Å². The molecule has 1 aliphatic heterocycles. The zero-order chi connectivity index (χ0) is 15.4. The van der Waals surface area contributed by atoms with E-state index in [2.05, 4.69) is 30.4 Å². The first-order valence-electron chi connectivity index (χ1n) is 7.77. The van der Waals surface area contributed by atoms with Gasteiger partial charge in [0.15, 0.2) is 0 Å². The Labute approximate surface area is 131 Å². The summed E-state index contributed by atoms with van der Waals surface area (Å²) in [6.45, 7) is 3.35. The van der Waals surface area contributed by atoms with Crippen LogP contribution in [0.1, 0.15) is 35.4 Å². The maximum Gasteiger partial charge on any atom is 0.220 e. The van der Waals surface area contributed by atoms with Crippen molar-refractivity contribution in [2.75, 3.05) is 6.61 Å². The lowest BCUT2D eigenvalue weighted by atomic mass is 9.90. The second-order valence-corrected chi connectivity index (χ2v) is 5.78. The molecule has 1 aliphatic rings. The summed E-state index contributed by atoms with van der Waals surface area (Å²) < 4.78 is 5.65. The molecule has 2 aromatic rings. The molecule has 3 heteroatoms. The predicted molar refractivity (Wildman–Crippen MR) is 86.9 cm³/mol. The minimum Gasteiger partial charge on any atom is -0.493 e. The zero-order valence-corrected chi connectivity index (χ0v) is 12.8. The predicted octanol–water partition coefficient (Wildman–Crippen LogP) is 3.57. The van der Waals surface area contributed by atoms with Crippen LogP contribution in [0.15, 0.2) is 48.5 Å². The molecule has 3 rings (SSSR count). The highest BCUT2D eigenvalue weighted by atomic mass is 16.5. The molecule has 22 heavy (non-hydrogen) atoms. The second kappa shape index (κ2) is 6.65. The number of rotatable bonds is 4. The van der Waals surface area contributed by atoms with Crippen molar-refractivity contribution in [2.24, 2.45) is 0 Å². The van der Waals surface area contributed by atoms with Gasteiger partial charge in [-0.3, -0.25) is 4.79 Å². The van der Waals surface area contributed by atoms with Crippen LogP contribution in [0.25, 0.3) is 0 Å². The Morgan fingerprint density at radius 1 is 1.18 bits per heavy atom. The lowest BCUT2D eigenvalue weighted by molar-refractivity contribution is -0.121. The zero-order valence-electron chi connectivity index (χ0n) is 12.8. The summed E-state index contributed by atoms with van der Waals surface area (Å²) in [7, 11) is 0. The van der Waals surface area contributed by atoms with Crippen LogP contribution >= 0.6 is 0 Å². The Balaban J connectivity index is 1.60. The molecule has 0 fully saturated rings. The van der Waals surface area contributed by atoms with E-state index in [1.54, 1.807) is 0 Å².